The molecule has 0 fully saturated rings. The number of carbonyl (C=O) groups excluding carboxylic acids is 1. The fraction of sp³-hybridized carbons (Fsp3) is 0.455. The molecule has 0 bridgehead atoms. The number of hydrogen-bond donors (Lipinski definition) is 2. The number of likely N-dealkylation sites (N-methyl/N-ethyl adjacent to an activating group) is 1. The quantitative estimate of drug-likeness (QED) is 0.224. The number of ether oxygens (including phenoxy) is 3. The van der Waals surface area contributed by atoms with Gasteiger partial charge in [-0.2, -0.15) is 5.26 Å². The van der Waals surface area contributed by atoms with Crippen LogP contribution in [0.4, 0.5) is 0 Å². The number of allylic oxidation sites excluding steroid dienone is 3. The van der Waals surface area contributed by atoms with E-state index in [2.05, 4.69) is 29.3 Å². The maximum Gasteiger partial charge on any atom is 0.292 e. The van der Waals surface area contributed by atoms with Crippen LogP contribution in [0, 0.1) is 25.2 Å². The molecule has 0 aromatic heterocycles. The van der Waals surface area contributed by atoms with Crippen molar-refractivity contribution in [2.75, 3.05) is 41.0 Å². The highest BCUT2D eigenvalue weighted by molar-refractivity contribution is 7.80. The third-order valence-corrected chi connectivity index (χ3v) is 3.75. The largest absolute Gasteiger partial charge is 0.497 e. The lowest BCUT2D eigenvalue weighted by Gasteiger charge is -2.06. The molecule has 164 valence electrons. The van der Waals surface area contributed by atoms with Crippen LogP contribution in [0.25, 0.3) is 0 Å². The van der Waals surface area contributed by atoms with Gasteiger partial charge < -0.3 is 19.5 Å². The Morgan fingerprint density at radius 2 is 1.83 bits per heavy atom. The molecule has 0 aliphatic heterocycles. The van der Waals surface area contributed by atoms with Crippen molar-refractivity contribution in [3.63, 3.8) is 0 Å². The zero-order valence-electron chi connectivity index (χ0n) is 18.7. The van der Waals surface area contributed by atoms with Gasteiger partial charge >= 0.3 is 0 Å². The van der Waals surface area contributed by atoms with Gasteiger partial charge in [-0.05, 0) is 64.1 Å². The second-order valence-corrected chi connectivity index (χ2v) is 5.89. The fourth-order valence-corrected chi connectivity index (χ4v) is 1.70. The van der Waals surface area contributed by atoms with E-state index in [1.807, 2.05) is 46.0 Å². The zero-order chi connectivity index (χ0) is 23.1. The minimum atomic E-state index is 0.375. The lowest BCUT2D eigenvalue weighted by Crippen LogP contribution is -2.13. The number of thiol groups is 1. The van der Waals surface area contributed by atoms with E-state index in [1.54, 1.807) is 26.2 Å². The second kappa shape index (κ2) is 23.8. The van der Waals surface area contributed by atoms with Crippen molar-refractivity contribution in [3.8, 4) is 11.8 Å². The van der Waals surface area contributed by atoms with Crippen molar-refractivity contribution in [1.29, 1.82) is 5.26 Å². The Hall–Kier alpha value is -2.27. The van der Waals surface area contributed by atoms with Gasteiger partial charge in [0.15, 0.2) is 0 Å². The van der Waals surface area contributed by atoms with Gasteiger partial charge in [0, 0.05) is 23.6 Å². The minimum absolute atomic E-state index is 0.375. The first-order valence-electron chi connectivity index (χ1n) is 9.01. The molecule has 0 saturated heterocycles. The van der Waals surface area contributed by atoms with Crippen LogP contribution >= 0.6 is 12.6 Å². The lowest BCUT2D eigenvalue weighted by molar-refractivity contribution is -0.126. The first-order chi connectivity index (χ1) is 13.8. The van der Waals surface area contributed by atoms with Crippen LogP contribution in [0.15, 0.2) is 41.3 Å². The Balaban J connectivity index is -0.000000332. The van der Waals surface area contributed by atoms with Crippen molar-refractivity contribution in [3.05, 3.63) is 47.6 Å². The van der Waals surface area contributed by atoms with Crippen molar-refractivity contribution >= 4 is 19.1 Å². The van der Waals surface area contributed by atoms with Gasteiger partial charge in [-0.3, -0.25) is 4.79 Å². The normalized spacial score (nSPS) is 9.14. The first-order valence-corrected chi connectivity index (χ1v) is 9.46. The highest BCUT2D eigenvalue weighted by Gasteiger charge is 2.00. The van der Waals surface area contributed by atoms with Crippen molar-refractivity contribution in [2.24, 2.45) is 0 Å². The molecule has 0 saturated carbocycles. The summed E-state index contributed by atoms with van der Waals surface area (Å²) in [5.74, 6) is 0.901. The lowest BCUT2D eigenvalue weighted by atomic mass is 10.1. The van der Waals surface area contributed by atoms with Gasteiger partial charge in [0.1, 0.15) is 5.75 Å². The van der Waals surface area contributed by atoms with Crippen LogP contribution in [0.1, 0.15) is 25.0 Å². The summed E-state index contributed by atoms with van der Waals surface area (Å²) in [6.07, 6.45) is 3.26. The number of nitriles is 1. The number of aryl methyl sites for hydroxylation is 2. The molecule has 1 N–H and O–H groups in total. The minimum Gasteiger partial charge on any atom is -0.497 e. The average molecular weight is 425 g/mol. The molecular formula is C22H36N2O4S. The molecule has 1 rings (SSSR count). The van der Waals surface area contributed by atoms with Crippen LogP contribution in [0.2, 0.25) is 0 Å². The molecule has 0 heterocycles. The van der Waals surface area contributed by atoms with E-state index in [4.69, 9.17) is 19.5 Å². The predicted octanol–water partition coefficient (Wildman–Crippen LogP) is 4.27. The van der Waals surface area contributed by atoms with Crippen LogP contribution in [-0.2, 0) is 14.3 Å². The highest BCUT2D eigenvalue weighted by Crippen LogP contribution is 2.23. The van der Waals surface area contributed by atoms with E-state index in [0.717, 1.165) is 41.5 Å². The predicted molar refractivity (Wildman–Crippen MR) is 123 cm³/mol. The van der Waals surface area contributed by atoms with Crippen molar-refractivity contribution in [2.45, 2.75) is 32.6 Å². The smallest absolute Gasteiger partial charge is 0.292 e. The standard InChI is InChI=1S/C9H12OS.C6H7N.C5H13NO.C2H4O2/c1-6-4-8(10-3)5-7(2)9(6)11;1-3-4-6(2)5-7;1-3-7-5-4-6-2;1-4-2-3/h4-5,11H,1-3H3;3-4H,1H2,2H3;6H,3-5H2,1-2H3;2H,1H3/b;6-4+;;. The zero-order valence-corrected chi connectivity index (χ0v) is 19.6. The van der Waals surface area contributed by atoms with Crippen LogP contribution < -0.4 is 10.1 Å². The molecule has 29 heavy (non-hydrogen) atoms. The number of nitrogens with zero attached hydrogens (tertiary/aromatic N) is 1. The summed E-state index contributed by atoms with van der Waals surface area (Å²) in [7, 11) is 4.90. The van der Waals surface area contributed by atoms with Crippen LogP contribution in [-0.4, -0.2) is 47.5 Å². The number of nitrogens with one attached hydrogen (secondary N) is 1. The van der Waals surface area contributed by atoms with Gasteiger partial charge in [-0.25, -0.2) is 0 Å². The number of methoxy groups -OCH3 is 2. The topological polar surface area (TPSA) is 80.6 Å². The van der Waals surface area contributed by atoms with Gasteiger partial charge in [-0.15, -0.1) is 12.6 Å². The number of rotatable bonds is 7. The molecule has 0 radical (unpaired) electrons. The SMILES string of the molecule is C=C/C=C(\C)C#N.CCOCCNC.COC=O.COc1cc(C)c(S)c(C)c1. The van der Waals surface area contributed by atoms with Crippen LogP contribution in [0.5, 0.6) is 5.75 Å². The highest BCUT2D eigenvalue weighted by atomic mass is 32.1. The summed E-state index contributed by atoms with van der Waals surface area (Å²) < 4.78 is 14.0. The summed E-state index contributed by atoms with van der Waals surface area (Å²) in [6, 6.07) is 5.92. The second-order valence-electron chi connectivity index (χ2n) is 5.44. The van der Waals surface area contributed by atoms with E-state index in [9.17, 15) is 0 Å². The van der Waals surface area contributed by atoms with Gasteiger partial charge in [-0.1, -0.05) is 12.7 Å². The Morgan fingerprint density at radius 1 is 1.31 bits per heavy atom. The van der Waals surface area contributed by atoms with Gasteiger partial charge in [0.25, 0.3) is 6.47 Å². The molecule has 0 unspecified atom stereocenters. The number of benzene rings is 1. The summed E-state index contributed by atoms with van der Waals surface area (Å²) in [6.45, 7) is 14.2. The molecule has 0 atom stereocenters. The van der Waals surface area contributed by atoms with E-state index < -0.39 is 0 Å². The maximum absolute atomic E-state index is 8.95. The van der Waals surface area contributed by atoms with Gasteiger partial charge in [0.2, 0.25) is 0 Å². The summed E-state index contributed by atoms with van der Waals surface area (Å²) in [5.41, 5.74) is 3.00. The first kappa shape index (κ1) is 31.4. The summed E-state index contributed by atoms with van der Waals surface area (Å²) in [4.78, 5) is 10.00. The molecular weight excluding hydrogens is 388 g/mol. The summed E-state index contributed by atoms with van der Waals surface area (Å²) >= 11 is 4.34. The number of carbonyl (C=O) groups is 1. The van der Waals surface area contributed by atoms with E-state index in [1.165, 1.54) is 7.11 Å². The molecule has 0 aliphatic carbocycles. The van der Waals surface area contributed by atoms with Crippen molar-refractivity contribution in [1.82, 2.24) is 5.32 Å². The monoisotopic (exact) mass is 424 g/mol. The van der Waals surface area contributed by atoms with Crippen molar-refractivity contribution < 1.29 is 19.0 Å². The average Bonchev–Trinajstić information content (AvgIpc) is 2.73. The van der Waals surface area contributed by atoms with E-state index in [-0.39, 0.29) is 0 Å². The Morgan fingerprint density at radius 3 is 2.10 bits per heavy atom. The third kappa shape index (κ3) is 21.9. The van der Waals surface area contributed by atoms with E-state index in [0.29, 0.717) is 12.0 Å². The molecule has 7 heteroatoms. The summed E-state index contributed by atoms with van der Waals surface area (Å²) in [5, 5.41) is 11.1. The molecule has 0 spiro atoms. The van der Waals surface area contributed by atoms with E-state index >= 15 is 0 Å². The molecule has 0 amide bonds. The molecule has 6 nitrogen and oxygen atoms in total. The molecule has 0 aliphatic rings. The van der Waals surface area contributed by atoms with Crippen LogP contribution in [0.3, 0.4) is 0 Å². The molecule has 1 aromatic rings. The number of hydrogen-bond acceptors (Lipinski definition) is 7. The Labute approximate surface area is 182 Å². The van der Waals surface area contributed by atoms with Gasteiger partial charge in [0.05, 0.1) is 26.9 Å². The Bertz CT molecular complexity index is 599. The fourth-order valence-electron chi connectivity index (χ4n) is 1.57. The third-order valence-electron chi connectivity index (χ3n) is 3.04. The Kier molecular flexibility index (Phi) is 25.8. The molecule has 1 aromatic carbocycles. The maximum atomic E-state index is 8.95.